The van der Waals surface area contributed by atoms with E-state index < -0.39 is 79.5 Å². The molecule has 0 aliphatic heterocycles. The molecular weight excluding hydrogens is 870 g/mol. The van der Waals surface area contributed by atoms with Gasteiger partial charge in [0, 0.05) is 0 Å². The highest BCUT2D eigenvalue weighted by molar-refractivity contribution is 7.97. The summed E-state index contributed by atoms with van der Waals surface area (Å²) in [5.74, 6) is -15.4. The van der Waals surface area contributed by atoms with Gasteiger partial charge >= 0.3 is 35.9 Å². The van der Waals surface area contributed by atoms with Gasteiger partial charge in [0.1, 0.15) is 49.9 Å². The molecule has 0 aromatic heterocycles. The molecule has 0 bridgehead atoms. The summed E-state index contributed by atoms with van der Waals surface area (Å²) in [6.45, 7) is 15.7. The molecule has 21 heteroatoms. The van der Waals surface area contributed by atoms with Crippen molar-refractivity contribution in [2.75, 3.05) is 25.6 Å². The van der Waals surface area contributed by atoms with Crippen LogP contribution in [-0.4, -0.2) is 91.3 Å². The zero-order chi connectivity index (χ0) is 46.8. The van der Waals surface area contributed by atoms with E-state index in [9.17, 15) is 58.1 Å². The van der Waals surface area contributed by atoms with Gasteiger partial charge in [0.15, 0.2) is 34.5 Å². The van der Waals surface area contributed by atoms with E-state index >= 15 is 0 Å². The topological polar surface area (TPSA) is 164 Å². The molecule has 0 heterocycles. The van der Waals surface area contributed by atoms with Gasteiger partial charge in [0.25, 0.3) is 0 Å². The molecule has 3 aromatic rings. The number of ether oxygens (including phenoxy) is 6. The fourth-order valence-electron chi connectivity index (χ4n) is 4.48. The smallest absolute Gasteiger partial charge is 0.459 e. The third kappa shape index (κ3) is 18.8. The first-order valence-electron chi connectivity index (χ1n) is 17.9. The van der Waals surface area contributed by atoms with Crippen LogP contribution in [0.1, 0.15) is 62.3 Å². The second-order valence-electron chi connectivity index (χ2n) is 15.8. The summed E-state index contributed by atoms with van der Waals surface area (Å²) < 4.78 is 144. The number of rotatable bonds is 15. The zero-order valence-electron chi connectivity index (χ0n) is 34.6. The van der Waals surface area contributed by atoms with Gasteiger partial charge in [-0.05, 0) is 135 Å². The molecule has 0 amide bonds. The van der Waals surface area contributed by atoms with Gasteiger partial charge in [-0.2, -0.15) is 30.7 Å². The van der Waals surface area contributed by atoms with E-state index in [2.05, 4.69) is 0 Å². The van der Waals surface area contributed by atoms with E-state index in [0.29, 0.717) is 17.2 Å². The van der Waals surface area contributed by atoms with E-state index in [0.717, 1.165) is 14.7 Å². The highest BCUT2D eigenvalue weighted by Gasteiger charge is 2.73. The first-order valence-corrected chi connectivity index (χ1v) is 20.7. The molecule has 3 aromatic carbocycles. The normalized spacial score (nSPS) is 12.8. The van der Waals surface area contributed by atoms with Crippen LogP contribution in [0.25, 0.3) is 0 Å². The lowest BCUT2D eigenvalue weighted by atomic mass is 10.2. The molecule has 340 valence electrons. The lowest BCUT2D eigenvalue weighted by molar-refractivity contribution is -0.348. The average Bonchev–Trinajstić information content (AvgIpc) is 3.07. The minimum atomic E-state index is -6.64. The largest absolute Gasteiger partial charge is 0.748 e. The third-order valence-electron chi connectivity index (χ3n) is 6.68. The maximum absolute atomic E-state index is 12.1. The molecule has 0 spiro atoms. The Labute approximate surface area is 352 Å². The van der Waals surface area contributed by atoms with Crippen molar-refractivity contribution < 1.29 is 86.5 Å². The van der Waals surface area contributed by atoms with Crippen molar-refractivity contribution in [3.05, 3.63) is 72.8 Å². The Morgan fingerprint density at radius 2 is 0.754 bits per heavy atom. The summed E-state index contributed by atoms with van der Waals surface area (Å²) >= 11 is 0. The van der Waals surface area contributed by atoms with Gasteiger partial charge in [-0.15, -0.1) is 0 Å². The summed E-state index contributed by atoms with van der Waals surface area (Å²) in [5, 5.41) is 0. The second-order valence-corrected chi connectivity index (χ2v) is 19.3. The van der Waals surface area contributed by atoms with Gasteiger partial charge in [-0.25, -0.2) is 22.8 Å². The fraction of sp³-hybridized carbons (Fsp3) is 0.475. The zero-order valence-corrected chi connectivity index (χ0v) is 36.3. The standard InChI is InChI=1S/C36H45O9S.C4H3F7O3S/c1-34(2,3)43-31(37)22-40-25-10-16-28(17-11-25)46(29-18-12-26(13-19-29)41-23-32(38)44-35(4,5)6)30-20-14-27(15-21-30)42-24-33(39)45-36(7,8)9;5-2(6,1-15(12,13)14)3(7,8)4(9,10)11/h10-21H,22-24H2,1-9H3;1H2,(H,12,13,14)/q+1;/p-1. The Bertz CT molecular complexity index is 1840. The molecule has 3 rings (SSSR count). The molecule has 61 heavy (non-hydrogen) atoms. The molecule has 0 N–H and O–H groups in total. The van der Waals surface area contributed by atoms with Crippen molar-refractivity contribution in [1.29, 1.82) is 0 Å². The summed E-state index contributed by atoms with van der Waals surface area (Å²) in [6, 6.07) is 22.6. The molecule has 0 aliphatic carbocycles. The third-order valence-corrected chi connectivity index (χ3v) is 9.63. The molecule has 0 saturated carbocycles. The molecule has 0 unspecified atom stereocenters. The summed E-state index contributed by atoms with van der Waals surface area (Å²) in [4.78, 5) is 39.3. The number of benzene rings is 3. The van der Waals surface area contributed by atoms with Crippen molar-refractivity contribution in [3.8, 4) is 17.2 Å². The lowest BCUT2D eigenvalue weighted by Crippen LogP contribution is -2.55. The van der Waals surface area contributed by atoms with E-state index in [1.165, 1.54) is 0 Å². The van der Waals surface area contributed by atoms with Gasteiger partial charge in [-0.1, -0.05) is 0 Å². The molecule has 0 atom stereocenters. The van der Waals surface area contributed by atoms with Crippen LogP contribution in [-0.2, 0) is 49.6 Å². The Morgan fingerprint density at radius 3 is 0.951 bits per heavy atom. The van der Waals surface area contributed by atoms with Crippen LogP contribution < -0.4 is 14.2 Å². The minimum Gasteiger partial charge on any atom is -0.748 e. The number of carbonyl (C=O) groups is 3. The van der Waals surface area contributed by atoms with Crippen molar-refractivity contribution in [2.24, 2.45) is 0 Å². The average molecular weight is 917 g/mol. The molecule has 0 radical (unpaired) electrons. The number of hydrogen-bond donors (Lipinski definition) is 0. The summed E-state index contributed by atoms with van der Waals surface area (Å²) in [6.07, 6.45) is -6.64. The predicted molar refractivity (Wildman–Crippen MR) is 206 cm³/mol. The quantitative estimate of drug-likeness (QED) is 0.0472. The van der Waals surface area contributed by atoms with Gasteiger partial charge in [-0.3, -0.25) is 0 Å². The Morgan fingerprint density at radius 1 is 0.508 bits per heavy atom. The maximum Gasteiger partial charge on any atom is 0.459 e. The number of hydrogen-bond acceptors (Lipinski definition) is 12. The number of alkyl halides is 7. The SMILES string of the molecule is CC(C)(C)OC(=O)COc1ccc([S+](c2ccc(OCC(=O)OC(C)(C)C)cc2)c2ccc(OCC(=O)OC(C)(C)C)cc2)cc1.O=S(=O)([O-])CC(F)(F)C(F)(F)C(F)(F)F. The first-order chi connectivity index (χ1) is 27.6. The molecule has 0 aliphatic rings. The highest BCUT2D eigenvalue weighted by Crippen LogP contribution is 2.47. The van der Waals surface area contributed by atoms with Crippen molar-refractivity contribution >= 4 is 38.9 Å². The van der Waals surface area contributed by atoms with E-state index in [-0.39, 0.29) is 19.8 Å². The monoisotopic (exact) mass is 916 g/mol. The van der Waals surface area contributed by atoms with Crippen LogP contribution in [0.3, 0.4) is 0 Å². The van der Waals surface area contributed by atoms with Crippen molar-refractivity contribution in [3.63, 3.8) is 0 Å². The van der Waals surface area contributed by atoms with Crippen molar-refractivity contribution in [1.82, 2.24) is 0 Å². The minimum absolute atomic E-state index is 0.197. The Hall–Kier alpha value is -4.76. The van der Waals surface area contributed by atoms with Crippen LogP contribution in [0.15, 0.2) is 87.5 Å². The lowest BCUT2D eigenvalue weighted by Gasteiger charge is -2.28. The molecule has 12 nitrogen and oxygen atoms in total. The number of esters is 3. The fourth-order valence-corrected chi connectivity index (χ4v) is 7.15. The van der Waals surface area contributed by atoms with E-state index in [1.54, 1.807) is 62.3 Å². The van der Waals surface area contributed by atoms with Crippen LogP contribution in [0, 0.1) is 0 Å². The maximum atomic E-state index is 12.1. The predicted octanol–water partition coefficient (Wildman–Crippen LogP) is 8.31. The second kappa shape index (κ2) is 20.4. The summed E-state index contributed by atoms with van der Waals surface area (Å²) in [7, 11) is -6.46. The Kier molecular flexibility index (Phi) is 17.5. The highest BCUT2D eigenvalue weighted by atomic mass is 32.2. The van der Waals surface area contributed by atoms with Crippen LogP contribution in [0.2, 0.25) is 0 Å². The van der Waals surface area contributed by atoms with Gasteiger partial charge in [0.2, 0.25) is 0 Å². The van der Waals surface area contributed by atoms with Crippen LogP contribution >= 0.6 is 0 Å². The number of carbonyl (C=O) groups excluding carboxylic acids is 3. The first kappa shape index (κ1) is 52.4. The molecule has 0 saturated heterocycles. The van der Waals surface area contributed by atoms with Crippen LogP contribution in [0.4, 0.5) is 30.7 Å². The van der Waals surface area contributed by atoms with E-state index in [1.807, 2.05) is 72.8 Å². The van der Waals surface area contributed by atoms with Gasteiger partial charge in [0.05, 0.1) is 10.9 Å². The molecular formula is C40H47F7O12S2. The molecule has 0 fully saturated rings. The summed E-state index contributed by atoms with van der Waals surface area (Å²) in [5.41, 5.74) is -1.78. The van der Waals surface area contributed by atoms with Gasteiger partial charge < -0.3 is 33.0 Å². The number of halogens is 7. The van der Waals surface area contributed by atoms with Crippen molar-refractivity contribution in [2.45, 2.75) is 112 Å². The Balaban J connectivity index is 0.000000724. The van der Waals surface area contributed by atoms with E-state index in [4.69, 9.17) is 28.4 Å². The van der Waals surface area contributed by atoms with Crippen LogP contribution in [0.5, 0.6) is 17.2 Å².